The number of aromatic nitrogens is 1. The van der Waals surface area contributed by atoms with Crippen LogP contribution in [0, 0.1) is 5.41 Å². The smallest absolute Gasteiger partial charge is 0.330 e. The topological polar surface area (TPSA) is 110 Å². The first-order valence-corrected chi connectivity index (χ1v) is 31.5. The molecule has 1 aliphatic heterocycles. The predicted molar refractivity (Wildman–Crippen MR) is 231 cm³/mol. The molecule has 0 saturated carbocycles. The summed E-state index contributed by atoms with van der Waals surface area (Å²) < 4.78 is 61.3. The molecule has 14 heteroatoms. The Labute approximate surface area is 334 Å². The third-order valence-electron chi connectivity index (χ3n) is 11.5. The highest BCUT2D eigenvalue weighted by Gasteiger charge is 2.44. The number of nitrogens with zero attached hydrogens (tertiary/aromatic N) is 1. The van der Waals surface area contributed by atoms with Gasteiger partial charge in [0, 0.05) is 39.0 Å². The molecule has 1 aromatic carbocycles. The van der Waals surface area contributed by atoms with Crippen LogP contribution in [0.3, 0.4) is 0 Å². The highest BCUT2D eigenvalue weighted by Crippen LogP contribution is 2.41. The Hall–Kier alpha value is -1.24. The number of hydrogen-bond donors (Lipinski definition) is 0. The van der Waals surface area contributed by atoms with Crippen LogP contribution in [0.2, 0.25) is 61.9 Å². The number of carbonyl (C=O) groups excluding carboxylic acids is 1. The number of cyclic esters (lactones) is 1. The lowest BCUT2D eigenvalue weighted by Crippen LogP contribution is -2.48. The number of fused-ring (bicyclic) bond motifs is 1. The molecule has 0 aliphatic carbocycles. The maximum Gasteiger partial charge on any atom is 0.330 e. The third kappa shape index (κ3) is 13.4. The average Bonchev–Trinajstić information content (AvgIpc) is 3.50. The van der Waals surface area contributed by atoms with Crippen LogP contribution in [-0.4, -0.2) is 87.6 Å². The first-order valence-electron chi connectivity index (χ1n) is 19.9. The normalized spacial score (nSPS) is 18.4. The molecule has 308 valence electrons. The standard InChI is InChI=1S/C40H71NO8S2Si3/c1-15-54(16-2,17-3)49-36(40(8,9)28-51(43,44)38-41-33-20-18-19-21-35(33)50-38)25-31-24-32(47-37(42)26-31)27-34(46-29-45-22-23-52(10,11)12)30(4)48-53(13,14)39(5,6)7/h18-21,26,30,32,34,36H,15-17,22-25,27-29H2,1-14H3/t30-,32+,34-,36?/m1/s1. The van der Waals surface area contributed by atoms with E-state index in [4.69, 9.17) is 23.1 Å². The van der Waals surface area contributed by atoms with Gasteiger partial charge in [0.25, 0.3) is 0 Å². The van der Waals surface area contributed by atoms with Gasteiger partial charge in [-0.25, -0.2) is 18.2 Å². The zero-order valence-corrected chi connectivity index (χ0v) is 40.4. The summed E-state index contributed by atoms with van der Waals surface area (Å²) in [7, 11) is -9.33. The van der Waals surface area contributed by atoms with Crippen molar-refractivity contribution in [2.45, 2.75) is 172 Å². The number of esters is 1. The van der Waals surface area contributed by atoms with Gasteiger partial charge in [0.1, 0.15) is 12.9 Å². The van der Waals surface area contributed by atoms with E-state index in [1.807, 2.05) is 38.1 Å². The summed E-state index contributed by atoms with van der Waals surface area (Å²) in [6, 6.07) is 11.3. The van der Waals surface area contributed by atoms with Gasteiger partial charge in [-0.3, -0.25) is 0 Å². The van der Waals surface area contributed by atoms with E-state index < -0.39 is 58.1 Å². The van der Waals surface area contributed by atoms with E-state index in [2.05, 4.69) is 86.2 Å². The number of carbonyl (C=O) groups is 1. The molecule has 0 bridgehead atoms. The number of hydrogen-bond acceptors (Lipinski definition) is 10. The van der Waals surface area contributed by atoms with E-state index in [9.17, 15) is 13.2 Å². The van der Waals surface area contributed by atoms with E-state index in [1.54, 1.807) is 6.08 Å². The minimum atomic E-state index is -3.74. The maximum atomic E-state index is 14.0. The minimum absolute atomic E-state index is 0.0171. The SMILES string of the molecule is CC[Si](CC)(CC)OC(CC1=CC(=O)O[C@H](C[C@@H](OCOCC[Si](C)(C)C)[C@@H](C)O[Si](C)(C)C(C)(C)C)C1)C(C)(C)CS(=O)(=O)c1nc2ccccc2s1. The third-order valence-corrected chi connectivity index (χ3v) is 26.0. The Balaban J connectivity index is 1.87. The largest absolute Gasteiger partial charge is 0.459 e. The molecule has 0 saturated heterocycles. The van der Waals surface area contributed by atoms with Gasteiger partial charge in [-0.1, -0.05) is 92.7 Å². The van der Waals surface area contributed by atoms with Gasteiger partial charge in [-0.15, -0.1) is 11.3 Å². The van der Waals surface area contributed by atoms with Crippen LogP contribution >= 0.6 is 11.3 Å². The number of benzene rings is 1. The lowest BCUT2D eigenvalue weighted by Gasteiger charge is -2.42. The first-order chi connectivity index (χ1) is 24.9. The first kappa shape index (κ1) is 47.1. The van der Waals surface area contributed by atoms with Gasteiger partial charge >= 0.3 is 5.97 Å². The fraction of sp³-hybridized carbons (Fsp3) is 0.750. The molecule has 4 atom stereocenters. The summed E-state index contributed by atoms with van der Waals surface area (Å²) in [6.45, 7) is 31.4. The molecule has 2 aromatic rings. The summed E-state index contributed by atoms with van der Waals surface area (Å²) in [4.78, 5) is 17.8. The second kappa shape index (κ2) is 19.0. The molecule has 1 aromatic heterocycles. The predicted octanol–water partition coefficient (Wildman–Crippen LogP) is 10.6. The summed E-state index contributed by atoms with van der Waals surface area (Å²) in [6.07, 6.45) is 1.52. The van der Waals surface area contributed by atoms with Crippen molar-refractivity contribution in [1.29, 1.82) is 0 Å². The van der Waals surface area contributed by atoms with Crippen LogP contribution in [0.5, 0.6) is 0 Å². The average molecular weight is 842 g/mol. The van der Waals surface area contributed by atoms with Gasteiger partial charge in [-0.05, 0) is 67.8 Å². The zero-order valence-electron chi connectivity index (χ0n) is 35.8. The van der Waals surface area contributed by atoms with Crippen LogP contribution in [0.15, 0.2) is 40.3 Å². The maximum absolute atomic E-state index is 14.0. The minimum Gasteiger partial charge on any atom is -0.459 e. The summed E-state index contributed by atoms with van der Waals surface area (Å²) >= 11 is 1.21. The summed E-state index contributed by atoms with van der Waals surface area (Å²) in [5, 5.41) is 0.0171. The molecule has 0 N–H and O–H groups in total. The van der Waals surface area contributed by atoms with E-state index >= 15 is 0 Å². The molecule has 0 radical (unpaired) electrons. The number of rotatable bonds is 22. The van der Waals surface area contributed by atoms with Crippen molar-refractivity contribution >= 4 is 62.1 Å². The van der Waals surface area contributed by atoms with Crippen LogP contribution in [0.25, 0.3) is 10.2 Å². The van der Waals surface area contributed by atoms with E-state index in [-0.39, 0.29) is 34.1 Å². The van der Waals surface area contributed by atoms with E-state index in [0.29, 0.717) is 31.4 Å². The fourth-order valence-electron chi connectivity index (χ4n) is 6.62. The molecule has 3 rings (SSSR count). The molecular weight excluding hydrogens is 771 g/mol. The quantitative estimate of drug-likeness (QED) is 0.0495. The van der Waals surface area contributed by atoms with Crippen LogP contribution in [-0.2, 0) is 37.7 Å². The Morgan fingerprint density at radius 2 is 1.61 bits per heavy atom. The van der Waals surface area contributed by atoms with Gasteiger partial charge in [-0.2, -0.15) is 0 Å². The monoisotopic (exact) mass is 841 g/mol. The van der Waals surface area contributed by atoms with Gasteiger partial charge in [0.05, 0.1) is 34.3 Å². The molecule has 0 amide bonds. The molecule has 9 nitrogen and oxygen atoms in total. The van der Waals surface area contributed by atoms with Crippen molar-refractivity contribution in [3.05, 3.63) is 35.9 Å². The summed E-state index contributed by atoms with van der Waals surface area (Å²) in [5.41, 5.74) is 0.805. The second-order valence-corrected chi connectivity index (χ2v) is 37.0. The second-order valence-electron chi connectivity index (χ2n) is 18.7. The Morgan fingerprint density at radius 3 is 2.19 bits per heavy atom. The highest BCUT2D eigenvalue weighted by atomic mass is 32.2. The molecule has 2 heterocycles. The Morgan fingerprint density at radius 1 is 0.981 bits per heavy atom. The van der Waals surface area contributed by atoms with Crippen LogP contribution in [0.1, 0.15) is 81.6 Å². The Kier molecular flexibility index (Phi) is 16.6. The van der Waals surface area contributed by atoms with Crippen molar-refractivity contribution in [1.82, 2.24) is 4.98 Å². The number of thiazole rings is 1. The lowest BCUT2D eigenvalue weighted by molar-refractivity contribution is -0.153. The molecule has 1 unspecified atom stereocenters. The Bertz CT molecular complexity index is 1620. The van der Waals surface area contributed by atoms with Crippen molar-refractivity contribution in [3.8, 4) is 0 Å². The van der Waals surface area contributed by atoms with Crippen molar-refractivity contribution in [3.63, 3.8) is 0 Å². The van der Waals surface area contributed by atoms with Gasteiger partial charge in [0.15, 0.2) is 16.6 Å². The van der Waals surface area contributed by atoms with Crippen LogP contribution in [0.4, 0.5) is 0 Å². The summed E-state index contributed by atoms with van der Waals surface area (Å²) in [5.74, 6) is -0.517. The molecule has 0 spiro atoms. The number of para-hydroxylation sites is 1. The van der Waals surface area contributed by atoms with E-state index in [1.165, 1.54) is 11.3 Å². The molecule has 54 heavy (non-hydrogen) atoms. The fourth-order valence-corrected chi connectivity index (χ4v) is 15.0. The van der Waals surface area contributed by atoms with E-state index in [0.717, 1.165) is 34.4 Å². The van der Waals surface area contributed by atoms with Crippen molar-refractivity contribution in [2.24, 2.45) is 5.41 Å². The van der Waals surface area contributed by atoms with Crippen molar-refractivity contribution in [2.75, 3.05) is 19.2 Å². The molecule has 1 aliphatic rings. The molecule has 0 fully saturated rings. The number of ether oxygens (including phenoxy) is 3. The molecular formula is C40H71NO8S2Si3. The van der Waals surface area contributed by atoms with Crippen molar-refractivity contribution < 1.29 is 36.3 Å². The highest BCUT2D eigenvalue weighted by molar-refractivity contribution is 7.93. The zero-order chi connectivity index (χ0) is 40.8. The number of sulfone groups is 1. The van der Waals surface area contributed by atoms with Crippen LogP contribution < -0.4 is 0 Å². The van der Waals surface area contributed by atoms with Gasteiger partial charge < -0.3 is 23.1 Å². The lowest BCUT2D eigenvalue weighted by atomic mass is 9.83. The van der Waals surface area contributed by atoms with Gasteiger partial charge in [0.2, 0.25) is 14.2 Å².